The van der Waals surface area contributed by atoms with Crippen molar-refractivity contribution in [2.75, 3.05) is 137 Å². The third-order valence-electron chi connectivity index (χ3n) is 21.1. The number of hydrogen-bond acceptors (Lipinski definition) is 23. The summed E-state index contributed by atoms with van der Waals surface area (Å²) in [6, 6.07) is 53.9. The summed E-state index contributed by atoms with van der Waals surface area (Å²) in [6.45, 7) is 66.8. The number of hydrogen-bond donors (Lipinski definition) is 1. The molecule has 6 aromatic carbocycles. The number of halogens is 5. The van der Waals surface area contributed by atoms with E-state index < -0.39 is 11.7 Å². The number of para-hydroxylation sites is 1. The lowest BCUT2D eigenvalue weighted by Crippen LogP contribution is -2.41. The van der Waals surface area contributed by atoms with Crippen LogP contribution in [0.3, 0.4) is 0 Å². The molecule has 0 bridgehead atoms. The Morgan fingerprint density at radius 3 is 1.06 bits per heavy atom. The van der Waals surface area contributed by atoms with Gasteiger partial charge in [0.05, 0.1) is 106 Å². The Morgan fingerprint density at radius 1 is 0.386 bits per heavy atom. The lowest BCUT2D eigenvalue weighted by Gasteiger charge is -2.34. The predicted molar refractivity (Wildman–Crippen MR) is 572 cm³/mol. The number of benzene rings is 6. The molecule has 0 radical (unpaired) electrons. The number of amides is 1. The van der Waals surface area contributed by atoms with Gasteiger partial charge in [0.2, 0.25) is 5.91 Å². The number of aromatic nitrogens is 2. The second kappa shape index (κ2) is 62.6. The zero-order chi connectivity index (χ0) is 108. The van der Waals surface area contributed by atoms with E-state index in [9.17, 15) is 36.3 Å². The summed E-state index contributed by atoms with van der Waals surface area (Å²) in [5, 5.41) is 18.0. The number of alkyl halides is 3. The normalized spacial score (nSPS) is 11.5. The molecule has 0 fully saturated rings. The zero-order valence-corrected chi connectivity index (χ0v) is 92.9. The van der Waals surface area contributed by atoms with E-state index in [1.54, 1.807) is 110 Å². The number of primary amides is 1. The number of nitrogens with zero attached hydrogens (tertiary/aromatic N) is 13. The summed E-state index contributed by atoms with van der Waals surface area (Å²) in [6.07, 6.45) is 6.08. The molecule has 24 nitrogen and oxygen atoms in total. The van der Waals surface area contributed by atoms with Crippen LogP contribution in [0.1, 0.15) is 268 Å². The second-order valence-corrected chi connectivity index (χ2v) is 42.0. The number of esters is 2. The van der Waals surface area contributed by atoms with E-state index in [0.717, 1.165) is 78.2 Å². The number of hydroxylamine groups is 7. The van der Waals surface area contributed by atoms with Crippen molar-refractivity contribution >= 4 is 63.3 Å². The van der Waals surface area contributed by atoms with Gasteiger partial charge in [-0.25, -0.2) is 24.0 Å². The van der Waals surface area contributed by atoms with E-state index in [1.165, 1.54) is 24.3 Å². The monoisotopic (exact) mass is 1960 g/mol. The molecule has 140 heavy (non-hydrogen) atoms. The molecule has 2 aromatic heterocycles. The van der Waals surface area contributed by atoms with Crippen molar-refractivity contribution in [2.24, 2.45) is 5.73 Å². The molecule has 786 valence electrons. The standard InChI is InChI=1S/C12H16F3N.C12H18N2O.C12H16N2.2C11H16FN.2C11H23NO3.C11H17NO.2C10H16N2O/c1-11(2,3)16(4)10-7-5-6-9(8-10)12(13,14)15;1-12(2,3)14(4)10-7-5-9(6-8-10)11(13)15;1-12(2,3)14(4)11-7-5-10(9-13)6-8-11;2*1-11(2,3)13(4)10-7-5-6-9(12)8-10;1-6-15-10(13)8-7-9-12(14-5)11(2,3)4;1-5-9-15-11(13)7-6-8-12(14-4)10(2)3;1-11(2,3)12(13-4)10-8-6-5-7-9-10;1-10(2,3)12(13-4)9-5-7-11-8-6-9;1-10(2,3)12(13-4)9-6-5-7-11-8-9/h5-8H,1-4H3;5-8H,1-4H3,(H2,13,15);5-8H,1-4H3;2*5-8H,1-4H3;6-9H2,1-5H3;10H,5-9H2,1-4H3;5-9H,1-4H3;2*5-8H,1-4H3. The number of carbonyl (C=O) groups is 3. The minimum absolute atomic E-state index is 0.0178. The van der Waals surface area contributed by atoms with Crippen LogP contribution in [0.5, 0.6) is 0 Å². The van der Waals surface area contributed by atoms with Crippen LogP contribution in [0.2, 0.25) is 0 Å². The van der Waals surface area contributed by atoms with E-state index in [2.05, 4.69) is 223 Å². The van der Waals surface area contributed by atoms with E-state index in [0.29, 0.717) is 48.9 Å². The zero-order valence-electron chi connectivity index (χ0n) is 92.9. The molecule has 0 spiro atoms. The average Bonchev–Trinajstić information content (AvgIpc) is 0.815. The van der Waals surface area contributed by atoms with Crippen LogP contribution >= 0.6 is 0 Å². The van der Waals surface area contributed by atoms with Gasteiger partial charge in [-0.1, -0.05) is 43.3 Å². The molecule has 29 heteroatoms. The van der Waals surface area contributed by atoms with Crippen LogP contribution in [0, 0.1) is 23.0 Å². The molecular weight excluding hydrogens is 1780 g/mol. The Balaban J connectivity index is 0. The lowest BCUT2D eigenvalue weighted by molar-refractivity contribution is -0.188. The fourth-order valence-corrected chi connectivity index (χ4v) is 12.2. The average molecular weight is 1960 g/mol. The van der Waals surface area contributed by atoms with Crippen LogP contribution in [0.4, 0.5) is 67.5 Å². The number of rotatable bonds is 26. The molecule has 2 heterocycles. The highest BCUT2D eigenvalue weighted by Crippen LogP contribution is 2.34. The van der Waals surface area contributed by atoms with Gasteiger partial charge in [-0.15, -0.1) is 0 Å². The molecule has 2 N–H and O–H groups in total. The van der Waals surface area contributed by atoms with E-state index >= 15 is 0 Å². The van der Waals surface area contributed by atoms with Crippen LogP contribution < -0.4 is 45.4 Å². The first-order chi connectivity index (χ1) is 64.4. The Labute approximate surface area is 840 Å². The van der Waals surface area contributed by atoms with Crippen LogP contribution in [-0.4, -0.2) is 191 Å². The van der Waals surface area contributed by atoms with Crippen molar-refractivity contribution in [3.8, 4) is 6.07 Å². The summed E-state index contributed by atoms with van der Waals surface area (Å²) < 4.78 is 73.1. The van der Waals surface area contributed by atoms with Crippen molar-refractivity contribution in [1.82, 2.24) is 20.1 Å². The molecule has 0 unspecified atom stereocenters. The minimum Gasteiger partial charge on any atom is -0.466 e. The summed E-state index contributed by atoms with van der Waals surface area (Å²) in [7, 11) is 18.1. The van der Waals surface area contributed by atoms with Crippen molar-refractivity contribution in [2.45, 2.75) is 309 Å². The van der Waals surface area contributed by atoms with Crippen LogP contribution in [-0.2, 0) is 49.4 Å². The molecule has 8 rings (SSSR count). The number of ether oxygens (including phenoxy) is 2. The van der Waals surface area contributed by atoms with Crippen LogP contribution in [0.25, 0.3) is 0 Å². The maximum absolute atomic E-state index is 12.9. The SMILES string of the molecule is CCCOC(=O)CCCN(OC)C(C)C.CCOC(=O)CCCN(OC)C(C)(C)C.CN(c1ccc(C#N)cc1)C(C)(C)C.CN(c1ccc(C(N)=O)cc1)C(C)(C)C.CN(c1cccc(C(F)(F)F)c1)C(C)(C)C.CN(c1cccc(F)c1)C(C)(C)C.CN(c1cccc(F)c1)C(C)(C)C.CON(c1ccccc1)C(C)(C)C.CON(c1cccnc1)C(C)(C)C.CON(c1ccncc1)C(C)(C)C. The van der Waals surface area contributed by atoms with E-state index in [-0.39, 0.29) is 79.3 Å². The fourth-order valence-electron chi connectivity index (χ4n) is 12.2. The van der Waals surface area contributed by atoms with Gasteiger partial charge < -0.3 is 49.4 Å². The predicted octanol–water partition coefficient (Wildman–Crippen LogP) is 26.2. The first-order valence-electron chi connectivity index (χ1n) is 47.5. The molecule has 0 aliphatic heterocycles. The third kappa shape index (κ3) is 53.8. The van der Waals surface area contributed by atoms with Gasteiger partial charge in [0, 0.05) is 153 Å². The molecule has 0 atom stereocenters. The molecule has 8 aromatic rings. The van der Waals surface area contributed by atoms with Gasteiger partial charge in [0.25, 0.3) is 0 Å². The summed E-state index contributed by atoms with van der Waals surface area (Å²) in [5.74, 6) is -1.01. The number of anilines is 8. The smallest absolute Gasteiger partial charge is 0.416 e. The number of nitriles is 1. The highest BCUT2D eigenvalue weighted by molar-refractivity contribution is 5.93. The molecule has 1 amide bonds. The Kier molecular flexibility index (Phi) is 58.7. The summed E-state index contributed by atoms with van der Waals surface area (Å²) in [5.41, 5.74) is 13.3. The van der Waals surface area contributed by atoms with E-state index in [1.807, 2.05) is 189 Å². The van der Waals surface area contributed by atoms with Crippen molar-refractivity contribution < 1.29 is 70.0 Å². The first-order valence-corrected chi connectivity index (χ1v) is 47.5. The Bertz CT molecular complexity index is 4530. The van der Waals surface area contributed by atoms with Crippen LogP contribution in [0.15, 0.2) is 201 Å². The van der Waals surface area contributed by atoms with E-state index in [4.69, 9.17) is 44.7 Å². The van der Waals surface area contributed by atoms with Crippen molar-refractivity contribution in [3.05, 3.63) is 229 Å². The van der Waals surface area contributed by atoms with Gasteiger partial charge in [-0.3, -0.25) is 38.9 Å². The first kappa shape index (κ1) is 131. The Hall–Kier alpha value is -10.7. The third-order valence-corrected chi connectivity index (χ3v) is 21.1. The number of pyridine rings is 2. The van der Waals surface area contributed by atoms with Gasteiger partial charge in [0.1, 0.15) is 11.6 Å². The minimum atomic E-state index is -4.28. The van der Waals surface area contributed by atoms with Crippen molar-refractivity contribution in [1.29, 1.82) is 5.26 Å². The maximum Gasteiger partial charge on any atom is 0.416 e. The fraction of sp³-hybridized carbons (Fsp3) is 0.550. The quantitative estimate of drug-likeness (QED) is 0.0302. The largest absolute Gasteiger partial charge is 0.466 e. The number of nitrogens with two attached hydrogens (primary N) is 1. The second-order valence-electron chi connectivity index (χ2n) is 42.0. The van der Waals surface area contributed by atoms with Gasteiger partial charge in [-0.2, -0.15) is 28.6 Å². The number of carbonyl (C=O) groups excluding carboxylic acids is 3. The van der Waals surface area contributed by atoms with Gasteiger partial charge >= 0.3 is 18.1 Å². The highest BCUT2D eigenvalue weighted by Gasteiger charge is 2.32. The molecule has 0 saturated heterocycles. The van der Waals surface area contributed by atoms with Gasteiger partial charge in [-0.05, 0) is 367 Å². The molecule has 0 aliphatic carbocycles. The molecular formula is C111H177F5N14O10. The molecule has 0 saturated carbocycles. The Morgan fingerprint density at radius 2 is 0.743 bits per heavy atom. The summed E-state index contributed by atoms with van der Waals surface area (Å²) in [4.78, 5) is 77.7. The lowest BCUT2D eigenvalue weighted by atomic mass is 10.0. The van der Waals surface area contributed by atoms with Gasteiger partial charge in [0.15, 0.2) is 0 Å². The molecule has 0 aliphatic rings. The topological polar surface area (TPSA) is 224 Å². The maximum atomic E-state index is 12.9. The highest BCUT2D eigenvalue weighted by atomic mass is 19.4. The summed E-state index contributed by atoms with van der Waals surface area (Å²) >= 11 is 0. The van der Waals surface area contributed by atoms with Crippen molar-refractivity contribution in [3.63, 3.8) is 0 Å².